The molecule has 0 aliphatic rings. The molecule has 0 aliphatic carbocycles. The van der Waals surface area contributed by atoms with Crippen molar-refractivity contribution >= 4 is 51.1 Å². The van der Waals surface area contributed by atoms with Crippen LogP contribution in [0.15, 0.2) is 53.8 Å². The van der Waals surface area contributed by atoms with E-state index in [2.05, 4.69) is 30.2 Å². The summed E-state index contributed by atoms with van der Waals surface area (Å²) in [7, 11) is 0. The van der Waals surface area contributed by atoms with Crippen molar-refractivity contribution in [1.82, 2.24) is 29.5 Å². The minimum absolute atomic E-state index is 0.119. The maximum absolute atomic E-state index is 14.6. The standard InChI is InChI=1S/C21H14Cl2FN7O/c1-10(29-19-17-18(26-8-25-17)27-9-28-19)20-30-15-4-2-3-14(24)16(15)21(32)31(20)11-5-6-12(22)13(23)7-11/h2-10H,1H3,(H2,25,26,27,28,29). The van der Waals surface area contributed by atoms with Crippen molar-refractivity contribution in [1.29, 1.82) is 0 Å². The zero-order chi connectivity index (χ0) is 22.4. The number of imidazole rings is 1. The molecule has 11 heteroatoms. The number of fused-ring (bicyclic) bond motifs is 2. The smallest absolute Gasteiger partial charge is 0.269 e. The number of anilines is 1. The van der Waals surface area contributed by atoms with Gasteiger partial charge in [-0.25, -0.2) is 24.3 Å². The van der Waals surface area contributed by atoms with Gasteiger partial charge < -0.3 is 10.3 Å². The van der Waals surface area contributed by atoms with Gasteiger partial charge in [0.25, 0.3) is 5.56 Å². The lowest BCUT2D eigenvalue weighted by Crippen LogP contribution is -2.28. The van der Waals surface area contributed by atoms with E-state index in [1.807, 2.05) is 6.92 Å². The van der Waals surface area contributed by atoms with Crippen LogP contribution in [0, 0.1) is 5.82 Å². The van der Waals surface area contributed by atoms with E-state index in [9.17, 15) is 9.18 Å². The van der Waals surface area contributed by atoms with Gasteiger partial charge in [0.15, 0.2) is 11.5 Å². The maximum atomic E-state index is 14.6. The van der Waals surface area contributed by atoms with Crippen molar-refractivity contribution < 1.29 is 4.39 Å². The van der Waals surface area contributed by atoms with Gasteiger partial charge in [-0.15, -0.1) is 0 Å². The van der Waals surface area contributed by atoms with Crippen LogP contribution in [0.1, 0.15) is 18.8 Å². The van der Waals surface area contributed by atoms with Gasteiger partial charge in [-0.2, -0.15) is 0 Å². The van der Waals surface area contributed by atoms with Crippen molar-refractivity contribution in [2.75, 3.05) is 5.32 Å². The first-order valence-electron chi connectivity index (χ1n) is 9.51. The fraction of sp³-hybridized carbons (Fsp3) is 0.0952. The number of nitrogens with one attached hydrogen (secondary N) is 2. The quantitative estimate of drug-likeness (QED) is 0.396. The molecule has 0 saturated carbocycles. The molecular weight excluding hydrogens is 456 g/mol. The van der Waals surface area contributed by atoms with Gasteiger partial charge in [0.1, 0.15) is 28.9 Å². The monoisotopic (exact) mass is 469 g/mol. The summed E-state index contributed by atoms with van der Waals surface area (Å²) < 4.78 is 15.9. The summed E-state index contributed by atoms with van der Waals surface area (Å²) in [5.41, 5.74) is 1.17. The predicted molar refractivity (Wildman–Crippen MR) is 121 cm³/mol. The number of hydrogen-bond donors (Lipinski definition) is 2. The SMILES string of the molecule is CC(Nc1ncnc2[nH]cnc12)c1nc2cccc(F)c2c(=O)n1-c1ccc(Cl)c(Cl)c1. The molecule has 0 bridgehead atoms. The second kappa shape index (κ2) is 7.85. The molecule has 5 aromatic rings. The highest BCUT2D eigenvalue weighted by atomic mass is 35.5. The van der Waals surface area contributed by atoms with Gasteiger partial charge in [0, 0.05) is 0 Å². The van der Waals surface area contributed by atoms with Crippen molar-refractivity contribution in [3.8, 4) is 5.69 Å². The number of aromatic nitrogens is 6. The van der Waals surface area contributed by atoms with Crippen molar-refractivity contribution in [2.45, 2.75) is 13.0 Å². The van der Waals surface area contributed by atoms with Crippen LogP contribution in [0.2, 0.25) is 10.0 Å². The molecule has 0 aliphatic heterocycles. The Bertz CT molecular complexity index is 1550. The van der Waals surface area contributed by atoms with E-state index in [0.29, 0.717) is 33.5 Å². The molecule has 5 rings (SSSR count). The van der Waals surface area contributed by atoms with Crippen LogP contribution in [0.3, 0.4) is 0 Å². The number of H-pyrrole nitrogens is 1. The summed E-state index contributed by atoms with van der Waals surface area (Å²) in [5.74, 6) is 0.127. The van der Waals surface area contributed by atoms with Crippen molar-refractivity contribution in [3.63, 3.8) is 0 Å². The molecule has 3 heterocycles. The van der Waals surface area contributed by atoms with Crippen LogP contribution in [0.4, 0.5) is 10.2 Å². The summed E-state index contributed by atoms with van der Waals surface area (Å²) in [6, 6.07) is 8.51. The molecule has 0 radical (unpaired) electrons. The summed E-state index contributed by atoms with van der Waals surface area (Å²) in [5, 5.41) is 3.69. The molecule has 0 fully saturated rings. The van der Waals surface area contributed by atoms with Crippen molar-refractivity contribution in [3.05, 3.63) is 81.1 Å². The molecule has 0 amide bonds. The first kappa shape index (κ1) is 20.3. The molecular formula is C21H14Cl2FN7O. The van der Waals surface area contributed by atoms with Gasteiger partial charge in [0.05, 0.1) is 33.6 Å². The third kappa shape index (κ3) is 3.35. The topological polar surface area (TPSA) is 101 Å². The number of aromatic amines is 1. The van der Waals surface area contributed by atoms with Crippen LogP contribution in [-0.4, -0.2) is 29.5 Å². The van der Waals surface area contributed by atoms with Crippen LogP contribution in [0.25, 0.3) is 27.8 Å². The van der Waals surface area contributed by atoms with Gasteiger partial charge >= 0.3 is 0 Å². The van der Waals surface area contributed by atoms with Gasteiger partial charge in [-0.3, -0.25) is 9.36 Å². The highest BCUT2D eigenvalue weighted by Gasteiger charge is 2.21. The lowest BCUT2D eigenvalue weighted by molar-refractivity contribution is 0.635. The Hall–Kier alpha value is -3.56. The zero-order valence-corrected chi connectivity index (χ0v) is 18.0. The molecule has 160 valence electrons. The third-order valence-electron chi connectivity index (χ3n) is 4.99. The third-order valence-corrected chi connectivity index (χ3v) is 5.73. The number of rotatable bonds is 4. The molecule has 0 saturated heterocycles. The van der Waals surface area contributed by atoms with Crippen LogP contribution in [0.5, 0.6) is 0 Å². The van der Waals surface area contributed by atoms with E-state index in [4.69, 9.17) is 23.2 Å². The molecule has 32 heavy (non-hydrogen) atoms. The largest absolute Gasteiger partial charge is 0.358 e. The zero-order valence-electron chi connectivity index (χ0n) is 16.5. The fourth-order valence-corrected chi connectivity index (χ4v) is 3.80. The average molecular weight is 470 g/mol. The second-order valence-corrected chi connectivity index (χ2v) is 7.85. The Morgan fingerprint density at radius 1 is 1.12 bits per heavy atom. The Balaban J connectivity index is 1.73. The highest BCUT2D eigenvalue weighted by molar-refractivity contribution is 6.42. The van der Waals surface area contributed by atoms with Gasteiger partial charge in [-0.1, -0.05) is 29.3 Å². The Morgan fingerprint density at radius 3 is 2.78 bits per heavy atom. The fourth-order valence-electron chi connectivity index (χ4n) is 3.51. The Kier molecular flexibility index (Phi) is 4.99. The maximum Gasteiger partial charge on any atom is 0.269 e. The number of benzene rings is 2. The Labute approximate surface area is 190 Å². The summed E-state index contributed by atoms with van der Waals surface area (Å²) in [6.45, 7) is 1.81. The summed E-state index contributed by atoms with van der Waals surface area (Å²) >= 11 is 12.2. The van der Waals surface area contributed by atoms with E-state index in [1.165, 1.54) is 35.4 Å². The number of hydrogen-bond acceptors (Lipinski definition) is 6. The molecule has 1 atom stereocenters. The van der Waals surface area contributed by atoms with Crippen LogP contribution < -0.4 is 10.9 Å². The number of nitrogens with zero attached hydrogens (tertiary/aromatic N) is 5. The molecule has 2 N–H and O–H groups in total. The molecule has 8 nitrogen and oxygen atoms in total. The normalized spacial score (nSPS) is 12.4. The predicted octanol–water partition coefficient (Wildman–Crippen LogP) is 4.67. The van der Waals surface area contributed by atoms with Crippen LogP contribution in [-0.2, 0) is 0 Å². The molecule has 3 aromatic heterocycles. The molecule has 2 aromatic carbocycles. The van der Waals surface area contributed by atoms with E-state index in [0.717, 1.165) is 0 Å². The van der Waals surface area contributed by atoms with E-state index >= 15 is 0 Å². The van der Waals surface area contributed by atoms with E-state index in [-0.39, 0.29) is 15.9 Å². The summed E-state index contributed by atoms with van der Waals surface area (Å²) in [4.78, 5) is 33.6. The first-order chi connectivity index (χ1) is 15.4. The van der Waals surface area contributed by atoms with Crippen LogP contribution >= 0.6 is 23.2 Å². The van der Waals surface area contributed by atoms with Gasteiger partial charge in [-0.05, 0) is 37.3 Å². The minimum atomic E-state index is -0.657. The van der Waals surface area contributed by atoms with Crippen molar-refractivity contribution in [2.24, 2.45) is 0 Å². The highest BCUT2D eigenvalue weighted by Crippen LogP contribution is 2.28. The van der Waals surface area contributed by atoms with E-state index < -0.39 is 17.4 Å². The lowest BCUT2D eigenvalue weighted by atomic mass is 10.2. The molecule has 1 unspecified atom stereocenters. The lowest BCUT2D eigenvalue weighted by Gasteiger charge is -2.20. The molecule has 0 spiro atoms. The first-order valence-corrected chi connectivity index (χ1v) is 10.3. The number of halogens is 3. The Morgan fingerprint density at radius 2 is 1.97 bits per heavy atom. The van der Waals surface area contributed by atoms with E-state index in [1.54, 1.807) is 18.2 Å². The minimum Gasteiger partial charge on any atom is -0.358 e. The summed E-state index contributed by atoms with van der Waals surface area (Å²) in [6.07, 6.45) is 2.91. The second-order valence-electron chi connectivity index (χ2n) is 7.03. The average Bonchev–Trinajstić information content (AvgIpc) is 3.25. The van der Waals surface area contributed by atoms with Gasteiger partial charge in [0.2, 0.25) is 0 Å².